The van der Waals surface area contributed by atoms with Crippen molar-refractivity contribution >= 4 is 33.1 Å². The molecule has 1 aromatic carbocycles. The molecule has 2 heterocycles. The second-order valence-corrected chi connectivity index (χ2v) is 10.1. The van der Waals surface area contributed by atoms with Crippen molar-refractivity contribution in [2.75, 3.05) is 13.2 Å². The van der Waals surface area contributed by atoms with Gasteiger partial charge in [0.05, 0.1) is 6.42 Å². The summed E-state index contributed by atoms with van der Waals surface area (Å²) >= 11 is 1.09. The molecule has 0 aliphatic carbocycles. The van der Waals surface area contributed by atoms with Crippen molar-refractivity contribution < 1.29 is 22.7 Å². The van der Waals surface area contributed by atoms with Crippen molar-refractivity contribution in [2.24, 2.45) is 0 Å². The Morgan fingerprint density at radius 3 is 2.45 bits per heavy atom. The molecule has 0 unspecified atom stereocenters. The summed E-state index contributed by atoms with van der Waals surface area (Å²) in [5.74, 6) is -0.950. The van der Waals surface area contributed by atoms with E-state index >= 15 is 0 Å². The zero-order valence-electron chi connectivity index (χ0n) is 17.5. The minimum Gasteiger partial charge on any atom is -0.457 e. The second kappa shape index (κ2) is 9.59. The lowest BCUT2D eigenvalue weighted by molar-refractivity contribution is -0.142. The molecule has 3 aromatic rings. The maximum atomic E-state index is 12.6. The van der Waals surface area contributed by atoms with Gasteiger partial charge in [-0.2, -0.15) is 0 Å². The molecule has 0 aliphatic heterocycles. The number of benzene rings is 1. The number of nitrogens with zero attached hydrogens (tertiary/aromatic N) is 1. The Labute approximate surface area is 185 Å². The van der Waals surface area contributed by atoms with Crippen LogP contribution in [0.5, 0.6) is 0 Å². The van der Waals surface area contributed by atoms with Gasteiger partial charge in [0.15, 0.2) is 6.61 Å². The molecule has 3 rings (SSSR count). The highest BCUT2D eigenvalue weighted by Gasteiger charge is 2.19. The molecule has 0 spiro atoms. The third-order valence-electron chi connectivity index (χ3n) is 4.77. The van der Waals surface area contributed by atoms with E-state index in [1.807, 2.05) is 49.6 Å². The van der Waals surface area contributed by atoms with Gasteiger partial charge in [-0.05, 0) is 50.4 Å². The van der Waals surface area contributed by atoms with E-state index in [-0.39, 0.29) is 23.0 Å². The molecule has 31 heavy (non-hydrogen) atoms. The molecular weight excluding hydrogens is 436 g/mol. The Morgan fingerprint density at radius 2 is 1.81 bits per heavy atom. The van der Waals surface area contributed by atoms with Crippen LogP contribution in [0.1, 0.15) is 33.7 Å². The second-order valence-electron chi connectivity index (χ2n) is 7.12. The number of carbonyl (C=O) groups excluding carboxylic acids is 2. The van der Waals surface area contributed by atoms with Gasteiger partial charge in [0.1, 0.15) is 4.21 Å². The first-order valence-electron chi connectivity index (χ1n) is 9.67. The first kappa shape index (κ1) is 22.9. The van der Waals surface area contributed by atoms with E-state index in [1.165, 1.54) is 6.07 Å². The summed E-state index contributed by atoms with van der Waals surface area (Å²) in [4.78, 5) is 24.6. The number of sulfonamides is 1. The van der Waals surface area contributed by atoms with Crippen molar-refractivity contribution in [3.63, 3.8) is 0 Å². The topological polar surface area (TPSA) is 94.5 Å². The molecule has 0 radical (unpaired) electrons. The highest BCUT2D eigenvalue weighted by atomic mass is 32.2. The number of thiophene rings is 1. The number of aryl methyl sites for hydroxylation is 2. The van der Waals surface area contributed by atoms with Gasteiger partial charge in [0.25, 0.3) is 0 Å². The van der Waals surface area contributed by atoms with E-state index in [2.05, 4.69) is 4.72 Å². The third kappa shape index (κ3) is 5.49. The van der Waals surface area contributed by atoms with Crippen LogP contribution in [0.15, 0.2) is 52.1 Å². The smallest absolute Gasteiger partial charge is 0.307 e. The zero-order valence-corrected chi connectivity index (χ0v) is 19.2. The molecule has 0 fully saturated rings. The van der Waals surface area contributed by atoms with Crippen LogP contribution in [0.2, 0.25) is 0 Å². The molecule has 9 heteroatoms. The number of Topliss-reactive ketones (excluding diaryl/α,β-unsaturated/α-hetero) is 1. The van der Waals surface area contributed by atoms with Crippen LogP contribution in [-0.2, 0) is 19.6 Å². The van der Waals surface area contributed by atoms with Crippen LogP contribution in [0, 0.1) is 20.8 Å². The van der Waals surface area contributed by atoms with E-state index in [9.17, 15) is 18.0 Å². The van der Waals surface area contributed by atoms with Gasteiger partial charge in [0, 0.05) is 29.2 Å². The van der Waals surface area contributed by atoms with E-state index in [0.717, 1.165) is 34.0 Å². The number of nitrogens with one attached hydrogen (secondary N) is 1. The molecule has 0 saturated heterocycles. The summed E-state index contributed by atoms with van der Waals surface area (Å²) in [6.07, 6.45) is -0.166. The molecule has 0 aliphatic rings. The summed E-state index contributed by atoms with van der Waals surface area (Å²) in [5, 5.41) is 1.66. The Hall–Kier alpha value is -2.75. The SMILES string of the molecule is Cc1ccc(-n2c(C)cc(C(=O)COC(=O)CCNS(=O)(=O)c3cccs3)c2C)cc1. The molecule has 0 amide bonds. The summed E-state index contributed by atoms with van der Waals surface area (Å²) in [5.41, 5.74) is 4.26. The van der Waals surface area contributed by atoms with Gasteiger partial charge in [-0.15, -0.1) is 11.3 Å². The van der Waals surface area contributed by atoms with Crippen LogP contribution in [0.4, 0.5) is 0 Å². The standard InChI is InChI=1S/C22H24N2O5S2/c1-15-6-8-18(9-7-15)24-16(2)13-19(17(24)3)20(25)14-29-21(26)10-11-23-31(27,28)22-5-4-12-30-22/h4-9,12-13,23H,10-11,14H2,1-3H3. The Balaban J connectivity index is 1.55. The predicted octanol–water partition coefficient (Wildman–Crippen LogP) is 3.56. The molecule has 1 N–H and O–H groups in total. The molecule has 2 aromatic heterocycles. The van der Waals surface area contributed by atoms with Gasteiger partial charge in [0.2, 0.25) is 15.8 Å². The number of hydrogen-bond donors (Lipinski definition) is 1. The minimum absolute atomic E-state index is 0.102. The number of ketones is 1. The molecular formula is C22H24N2O5S2. The summed E-state index contributed by atoms with van der Waals surface area (Å²) in [6.45, 7) is 5.27. The Bertz CT molecular complexity index is 1180. The summed E-state index contributed by atoms with van der Waals surface area (Å²) < 4.78 is 33.6. The van der Waals surface area contributed by atoms with E-state index in [4.69, 9.17) is 4.74 Å². The van der Waals surface area contributed by atoms with E-state index in [1.54, 1.807) is 17.5 Å². The van der Waals surface area contributed by atoms with Gasteiger partial charge in [-0.1, -0.05) is 23.8 Å². The lowest BCUT2D eigenvalue weighted by Gasteiger charge is -2.10. The van der Waals surface area contributed by atoms with Crippen molar-refractivity contribution in [3.8, 4) is 5.69 Å². The number of esters is 1. The average Bonchev–Trinajstić information content (AvgIpc) is 3.36. The first-order valence-corrected chi connectivity index (χ1v) is 12.0. The highest BCUT2D eigenvalue weighted by Crippen LogP contribution is 2.22. The molecule has 7 nitrogen and oxygen atoms in total. The molecule has 164 valence electrons. The van der Waals surface area contributed by atoms with Gasteiger partial charge in [-0.25, -0.2) is 13.1 Å². The highest BCUT2D eigenvalue weighted by molar-refractivity contribution is 7.91. The lowest BCUT2D eigenvalue weighted by atomic mass is 10.1. The molecule has 0 saturated carbocycles. The maximum Gasteiger partial charge on any atom is 0.307 e. The van der Waals surface area contributed by atoms with Crippen molar-refractivity contribution in [3.05, 3.63) is 70.4 Å². The fourth-order valence-electron chi connectivity index (χ4n) is 3.21. The lowest BCUT2D eigenvalue weighted by Crippen LogP contribution is -2.26. The average molecular weight is 461 g/mol. The zero-order chi connectivity index (χ0) is 22.6. The molecule has 0 bridgehead atoms. The summed E-state index contributed by atoms with van der Waals surface area (Å²) in [6, 6.07) is 12.9. The Kier molecular flexibility index (Phi) is 7.09. The van der Waals surface area contributed by atoms with Crippen LogP contribution >= 0.6 is 11.3 Å². The monoisotopic (exact) mass is 460 g/mol. The normalized spacial score (nSPS) is 11.5. The Morgan fingerprint density at radius 1 is 1.10 bits per heavy atom. The van der Waals surface area contributed by atoms with Gasteiger partial charge in [-0.3, -0.25) is 9.59 Å². The van der Waals surface area contributed by atoms with Gasteiger partial charge >= 0.3 is 5.97 Å². The van der Waals surface area contributed by atoms with E-state index < -0.39 is 22.6 Å². The summed E-state index contributed by atoms with van der Waals surface area (Å²) in [7, 11) is -3.63. The fourth-order valence-corrected chi connectivity index (χ4v) is 5.28. The predicted molar refractivity (Wildman–Crippen MR) is 119 cm³/mol. The number of ether oxygens (including phenoxy) is 1. The van der Waals surface area contributed by atoms with E-state index in [0.29, 0.717) is 5.56 Å². The number of hydrogen-bond acceptors (Lipinski definition) is 6. The minimum atomic E-state index is -3.63. The van der Waals surface area contributed by atoms with Crippen LogP contribution in [0.3, 0.4) is 0 Å². The van der Waals surface area contributed by atoms with Crippen LogP contribution < -0.4 is 4.72 Å². The van der Waals surface area contributed by atoms with Crippen LogP contribution in [-0.4, -0.2) is 37.9 Å². The largest absolute Gasteiger partial charge is 0.457 e. The van der Waals surface area contributed by atoms with Crippen molar-refractivity contribution in [1.29, 1.82) is 0 Å². The van der Waals surface area contributed by atoms with Crippen molar-refractivity contribution in [2.45, 2.75) is 31.4 Å². The molecule has 0 atom stereocenters. The maximum absolute atomic E-state index is 12.6. The number of aromatic nitrogens is 1. The quantitative estimate of drug-likeness (QED) is 0.389. The van der Waals surface area contributed by atoms with Crippen LogP contribution in [0.25, 0.3) is 5.69 Å². The third-order valence-corrected chi connectivity index (χ3v) is 7.63. The first-order chi connectivity index (χ1) is 14.7. The fraction of sp³-hybridized carbons (Fsp3) is 0.273. The van der Waals surface area contributed by atoms with Crippen molar-refractivity contribution in [1.82, 2.24) is 9.29 Å². The van der Waals surface area contributed by atoms with Gasteiger partial charge < -0.3 is 9.30 Å². The number of carbonyl (C=O) groups is 2. The number of rotatable bonds is 9.